The fraction of sp³-hybridized carbons (Fsp3) is 0.421. The van der Waals surface area contributed by atoms with E-state index in [1.54, 1.807) is 0 Å². The number of pyridine rings is 1. The van der Waals surface area contributed by atoms with Crippen LogP contribution in [0.1, 0.15) is 18.9 Å². The van der Waals surface area contributed by atoms with E-state index >= 15 is 0 Å². The zero-order valence-electron chi connectivity index (χ0n) is 13.4. The van der Waals surface area contributed by atoms with E-state index < -0.39 is 0 Å². The molecule has 0 unspecified atom stereocenters. The molecule has 3 saturated heterocycles. The van der Waals surface area contributed by atoms with Crippen LogP contribution in [-0.4, -0.2) is 33.7 Å². The van der Waals surface area contributed by atoms with Gasteiger partial charge in [0.25, 0.3) is 5.56 Å². The Hall–Kier alpha value is -2.07. The molecule has 0 aliphatic carbocycles. The van der Waals surface area contributed by atoms with Gasteiger partial charge in [-0.2, -0.15) is 0 Å². The minimum absolute atomic E-state index is 0.179. The number of fused-ring (bicyclic) bond motifs is 6. The molecular formula is C19H21N3O. The number of piperidine rings is 3. The van der Waals surface area contributed by atoms with Gasteiger partial charge in [-0.15, -0.1) is 0 Å². The molecule has 0 N–H and O–H groups in total. The van der Waals surface area contributed by atoms with Gasteiger partial charge in [0.2, 0.25) is 0 Å². The third kappa shape index (κ3) is 1.78. The van der Waals surface area contributed by atoms with Crippen LogP contribution in [0.15, 0.2) is 41.3 Å². The maximum atomic E-state index is 13.3. The van der Waals surface area contributed by atoms with E-state index in [-0.39, 0.29) is 5.56 Å². The largest absolute Gasteiger partial charge is 0.343 e. The van der Waals surface area contributed by atoms with Crippen LogP contribution in [-0.2, 0) is 7.05 Å². The molecule has 1 aromatic carbocycles. The predicted molar refractivity (Wildman–Crippen MR) is 92.9 cm³/mol. The van der Waals surface area contributed by atoms with Crippen LogP contribution in [0.25, 0.3) is 21.8 Å². The van der Waals surface area contributed by atoms with Gasteiger partial charge in [0.1, 0.15) is 0 Å². The number of hydrogen-bond donors (Lipinski definition) is 0. The molecule has 0 amide bonds. The monoisotopic (exact) mass is 307 g/mol. The minimum atomic E-state index is 0.179. The summed E-state index contributed by atoms with van der Waals surface area (Å²) in [4.78, 5) is 15.8. The van der Waals surface area contributed by atoms with Gasteiger partial charge < -0.3 is 14.0 Å². The van der Waals surface area contributed by atoms with E-state index in [9.17, 15) is 4.79 Å². The Labute approximate surface area is 134 Å². The standard InChI is InChI=1S/C19H21N3O/c1-20-15-5-3-2-4-14(15)18-16(20)8-11-22(19(18)23)17-12-21-9-6-13(17)7-10-21/h2-5,8,11,13,17H,6-7,9-10,12H2,1H3/t17-/m1/s1. The van der Waals surface area contributed by atoms with Gasteiger partial charge in [0.05, 0.1) is 16.9 Å². The van der Waals surface area contributed by atoms with Gasteiger partial charge in [0.15, 0.2) is 0 Å². The highest BCUT2D eigenvalue weighted by Gasteiger charge is 2.35. The Morgan fingerprint density at radius 2 is 1.83 bits per heavy atom. The lowest BCUT2D eigenvalue weighted by molar-refractivity contribution is 0.0556. The highest BCUT2D eigenvalue weighted by molar-refractivity contribution is 6.07. The van der Waals surface area contributed by atoms with Crippen molar-refractivity contribution in [1.29, 1.82) is 0 Å². The number of benzene rings is 1. The van der Waals surface area contributed by atoms with Crippen molar-refractivity contribution in [3.8, 4) is 0 Å². The van der Waals surface area contributed by atoms with Gasteiger partial charge >= 0.3 is 0 Å². The van der Waals surface area contributed by atoms with Crippen molar-refractivity contribution in [2.75, 3.05) is 19.6 Å². The summed E-state index contributed by atoms with van der Waals surface area (Å²) >= 11 is 0. The van der Waals surface area contributed by atoms with Crippen LogP contribution in [0.5, 0.6) is 0 Å². The quantitative estimate of drug-likeness (QED) is 0.692. The zero-order chi connectivity index (χ0) is 15.6. The average molecular weight is 307 g/mol. The highest BCUT2D eigenvalue weighted by Crippen LogP contribution is 2.35. The molecule has 0 saturated carbocycles. The number of para-hydroxylation sites is 1. The topological polar surface area (TPSA) is 30.2 Å². The maximum Gasteiger partial charge on any atom is 0.260 e. The highest BCUT2D eigenvalue weighted by atomic mass is 16.1. The molecule has 1 atom stereocenters. The lowest BCUT2D eigenvalue weighted by atomic mass is 9.84. The van der Waals surface area contributed by atoms with Gasteiger partial charge in [-0.25, -0.2) is 0 Å². The van der Waals surface area contributed by atoms with Crippen molar-refractivity contribution in [3.63, 3.8) is 0 Å². The van der Waals surface area contributed by atoms with Crippen LogP contribution < -0.4 is 5.56 Å². The minimum Gasteiger partial charge on any atom is -0.343 e. The van der Waals surface area contributed by atoms with Crippen molar-refractivity contribution >= 4 is 21.8 Å². The molecule has 3 fully saturated rings. The Morgan fingerprint density at radius 1 is 1.04 bits per heavy atom. The Bertz CT molecular complexity index is 960. The third-order valence-corrected chi connectivity index (χ3v) is 5.97. The van der Waals surface area contributed by atoms with Crippen LogP contribution >= 0.6 is 0 Å². The van der Waals surface area contributed by atoms with E-state index in [1.165, 1.54) is 25.9 Å². The van der Waals surface area contributed by atoms with E-state index in [4.69, 9.17) is 0 Å². The van der Waals surface area contributed by atoms with Crippen LogP contribution in [0.2, 0.25) is 0 Å². The molecule has 3 aliphatic heterocycles. The second kappa shape index (κ2) is 4.71. The van der Waals surface area contributed by atoms with Crippen molar-refractivity contribution in [3.05, 3.63) is 46.9 Å². The molecule has 6 rings (SSSR count). The lowest BCUT2D eigenvalue weighted by Crippen LogP contribution is -2.49. The van der Waals surface area contributed by atoms with E-state index in [2.05, 4.69) is 27.7 Å². The number of nitrogens with zero attached hydrogens (tertiary/aromatic N) is 3. The summed E-state index contributed by atoms with van der Waals surface area (Å²) in [5.74, 6) is 0.658. The molecule has 4 heteroatoms. The second-order valence-corrected chi connectivity index (χ2v) is 7.07. The molecule has 5 heterocycles. The molecular weight excluding hydrogens is 286 g/mol. The molecule has 2 bridgehead atoms. The molecule has 3 aromatic rings. The number of rotatable bonds is 1. The fourth-order valence-corrected chi connectivity index (χ4v) is 4.69. The molecule has 0 spiro atoms. The van der Waals surface area contributed by atoms with E-state index in [0.717, 1.165) is 28.4 Å². The summed E-state index contributed by atoms with van der Waals surface area (Å²) < 4.78 is 4.15. The van der Waals surface area contributed by atoms with Crippen LogP contribution in [0.4, 0.5) is 0 Å². The van der Waals surface area contributed by atoms with Gasteiger partial charge in [-0.05, 0) is 44.0 Å². The number of hydrogen-bond acceptors (Lipinski definition) is 2. The summed E-state index contributed by atoms with van der Waals surface area (Å²) in [5, 5.41) is 1.95. The van der Waals surface area contributed by atoms with E-state index in [0.29, 0.717) is 12.0 Å². The molecule has 2 aromatic heterocycles. The summed E-state index contributed by atoms with van der Waals surface area (Å²) in [6.07, 6.45) is 4.48. The molecule has 118 valence electrons. The first-order valence-electron chi connectivity index (χ1n) is 8.54. The number of aromatic nitrogens is 2. The van der Waals surface area contributed by atoms with Gasteiger partial charge in [0, 0.05) is 30.7 Å². The summed E-state index contributed by atoms with van der Waals surface area (Å²) in [7, 11) is 2.04. The van der Waals surface area contributed by atoms with Crippen molar-refractivity contribution in [1.82, 2.24) is 14.0 Å². The SMILES string of the molecule is Cn1c2ccccc2c2c(=O)n([C@@H]3CN4CCC3CC4)ccc21. The van der Waals surface area contributed by atoms with Crippen molar-refractivity contribution in [2.24, 2.45) is 13.0 Å². The predicted octanol–water partition coefficient (Wildman–Crippen LogP) is 2.76. The molecule has 3 aliphatic rings. The summed E-state index contributed by atoms with van der Waals surface area (Å²) in [5.41, 5.74) is 2.35. The Balaban J connectivity index is 1.77. The zero-order valence-corrected chi connectivity index (χ0v) is 13.4. The summed E-state index contributed by atoms with van der Waals surface area (Å²) in [6.45, 7) is 3.43. The van der Waals surface area contributed by atoms with Gasteiger partial charge in [-0.3, -0.25) is 4.79 Å². The van der Waals surface area contributed by atoms with Crippen molar-refractivity contribution < 1.29 is 0 Å². The molecule has 4 nitrogen and oxygen atoms in total. The molecule has 0 radical (unpaired) electrons. The number of aryl methyl sites for hydroxylation is 1. The first-order chi connectivity index (χ1) is 11.2. The average Bonchev–Trinajstić information content (AvgIpc) is 2.90. The van der Waals surface area contributed by atoms with Gasteiger partial charge in [-0.1, -0.05) is 18.2 Å². The van der Waals surface area contributed by atoms with Crippen LogP contribution in [0, 0.1) is 5.92 Å². The normalized spacial score (nSPS) is 27.1. The third-order valence-electron chi connectivity index (χ3n) is 5.97. The Morgan fingerprint density at radius 3 is 2.57 bits per heavy atom. The fourth-order valence-electron chi connectivity index (χ4n) is 4.69. The lowest BCUT2D eigenvalue weighted by Gasteiger charge is -2.45. The first-order valence-corrected chi connectivity index (χ1v) is 8.54. The summed E-state index contributed by atoms with van der Waals surface area (Å²) in [6, 6.07) is 10.7. The maximum absolute atomic E-state index is 13.3. The van der Waals surface area contributed by atoms with E-state index in [1.807, 2.05) is 29.9 Å². The molecule has 23 heavy (non-hydrogen) atoms. The second-order valence-electron chi connectivity index (χ2n) is 7.07. The van der Waals surface area contributed by atoms with Crippen molar-refractivity contribution in [2.45, 2.75) is 18.9 Å². The Kier molecular flexibility index (Phi) is 2.74. The first kappa shape index (κ1) is 13.4. The smallest absolute Gasteiger partial charge is 0.260 e. The van der Waals surface area contributed by atoms with Crippen LogP contribution in [0.3, 0.4) is 0 Å².